The Hall–Kier alpha value is -1.50. The van der Waals surface area contributed by atoms with Gasteiger partial charge >= 0.3 is 0 Å². The zero-order chi connectivity index (χ0) is 12.6. The van der Waals surface area contributed by atoms with Crippen molar-refractivity contribution in [1.29, 1.82) is 0 Å². The minimum absolute atomic E-state index is 0.831. The van der Waals surface area contributed by atoms with Gasteiger partial charge in [-0.05, 0) is 17.9 Å². The number of hydrogen-bond donors (Lipinski definition) is 0. The number of rotatable bonds is 7. The molecule has 0 radical (unpaired) electrons. The topological polar surface area (TPSA) is 9.23 Å². The highest BCUT2D eigenvalue weighted by Gasteiger charge is 2.00. The van der Waals surface area contributed by atoms with Crippen molar-refractivity contribution in [3.05, 3.63) is 42.5 Å². The molecule has 0 aliphatic rings. The standard InChI is InChI=1S/C17H22O/c1-2-3-4-5-8-14-18-17-13-9-11-15-10-6-7-12-16(15)17/h6-7,9-13H,2-5,8,14H2,1H3. The second-order valence-corrected chi connectivity index (χ2v) is 4.74. The Morgan fingerprint density at radius 2 is 1.61 bits per heavy atom. The largest absolute Gasteiger partial charge is 0.493 e. The first kappa shape index (κ1) is 12.9. The SMILES string of the molecule is CCCCCCCOc1cccc2ccccc12. The lowest BCUT2D eigenvalue weighted by Gasteiger charge is -2.09. The maximum absolute atomic E-state index is 5.90. The van der Waals surface area contributed by atoms with E-state index in [1.807, 2.05) is 0 Å². The van der Waals surface area contributed by atoms with Gasteiger partial charge in [0.05, 0.1) is 6.61 Å². The van der Waals surface area contributed by atoms with Crippen molar-refractivity contribution in [3.63, 3.8) is 0 Å². The van der Waals surface area contributed by atoms with Gasteiger partial charge in [0.25, 0.3) is 0 Å². The van der Waals surface area contributed by atoms with E-state index < -0.39 is 0 Å². The lowest BCUT2D eigenvalue weighted by molar-refractivity contribution is 0.308. The third-order valence-corrected chi connectivity index (χ3v) is 3.26. The predicted molar refractivity (Wildman–Crippen MR) is 78.2 cm³/mol. The molecule has 0 aliphatic heterocycles. The second-order valence-electron chi connectivity index (χ2n) is 4.74. The molecule has 0 fully saturated rings. The van der Waals surface area contributed by atoms with Gasteiger partial charge in [-0.15, -0.1) is 0 Å². The lowest BCUT2D eigenvalue weighted by atomic mass is 10.1. The molecule has 0 aliphatic carbocycles. The summed E-state index contributed by atoms with van der Waals surface area (Å²) in [6.07, 6.45) is 6.40. The van der Waals surface area contributed by atoms with Crippen LogP contribution in [0.5, 0.6) is 5.75 Å². The summed E-state index contributed by atoms with van der Waals surface area (Å²) in [6.45, 7) is 3.07. The highest BCUT2D eigenvalue weighted by molar-refractivity contribution is 5.88. The summed E-state index contributed by atoms with van der Waals surface area (Å²) in [7, 11) is 0. The quantitative estimate of drug-likeness (QED) is 0.607. The van der Waals surface area contributed by atoms with Crippen LogP contribution in [0.2, 0.25) is 0 Å². The second kappa shape index (κ2) is 7.05. The van der Waals surface area contributed by atoms with Crippen molar-refractivity contribution in [2.45, 2.75) is 39.0 Å². The molecule has 0 amide bonds. The van der Waals surface area contributed by atoms with E-state index in [0.717, 1.165) is 18.8 Å². The summed E-state index contributed by atoms with van der Waals surface area (Å²) < 4.78 is 5.90. The summed E-state index contributed by atoms with van der Waals surface area (Å²) in [5.74, 6) is 1.02. The Kier molecular flexibility index (Phi) is 5.07. The fraction of sp³-hybridized carbons (Fsp3) is 0.412. The molecular formula is C17H22O. The summed E-state index contributed by atoms with van der Waals surface area (Å²) in [5.41, 5.74) is 0. The number of benzene rings is 2. The molecule has 0 spiro atoms. The number of unbranched alkanes of at least 4 members (excludes halogenated alkanes) is 4. The van der Waals surface area contributed by atoms with Crippen LogP contribution in [0.15, 0.2) is 42.5 Å². The van der Waals surface area contributed by atoms with Gasteiger partial charge < -0.3 is 4.74 Å². The number of fused-ring (bicyclic) bond motifs is 1. The van der Waals surface area contributed by atoms with Crippen LogP contribution in [0.1, 0.15) is 39.0 Å². The Labute approximate surface area is 110 Å². The molecule has 18 heavy (non-hydrogen) atoms. The van der Waals surface area contributed by atoms with Crippen LogP contribution in [-0.2, 0) is 0 Å². The number of hydrogen-bond acceptors (Lipinski definition) is 1. The highest BCUT2D eigenvalue weighted by Crippen LogP contribution is 2.25. The summed E-state index contributed by atoms with van der Waals surface area (Å²) in [4.78, 5) is 0. The van der Waals surface area contributed by atoms with Crippen LogP contribution < -0.4 is 4.74 Å². The Morgan fingerprint density at radius 1 is 0.833 bits per heavy atom. The van der Waals surface area contributed by atoms with Crippen molar-refractivity contribution in [1.82, 2.24) is 0 Å². The van der Waals surface area contributed by atoms with Gasteiger partial charge in [-0.2, -0.15) is 0 Å². The third-order valence-electron chi connectivity index (χ3n) is 3.26. The van der Waals surface area contributed by atoms with Crippen molar-refractivity contribution in [2.24, 2.45) is 0 Å². The average Bonchev–Trinajstić information content (AvgIpc) is 2.43. The van der Waals surface area contributed by atoms with Crippen molar-refractivity contribution in [3.8, 4) is 5.75 Å². The normalized spacial score (nSPS) is 10.7. The minimum Gasteiger partial charge on any atom is -0.493 e. The van der Waals surface area contributed by atoms with E-state index in [9.17, 15) is 0 Å². The molecule has 1 heteroatoms. The Balaban J connectivity index is 1.88. The fourth-order valence-corrected chi connectivity index (χ4v) is 2.21. The Bertz CT molecular complexity index is 470. The molecule has 0 saturated heterocycles. The summed E-state index contributed by atoms with van der Waals surface area (Å²) in [5, 5.41) is 2.47. The summed E-state index contributed by atoms with van der Waals surface area (Å²) in [6, 6.07) is 14.6. The molecule has 0 bridgehead atoms. The molecule has 96 valence electrons. The van der Waals surface area contributed by atoms with Crippen LogP contribution in [-0.4, -0.2) is 6.61 Å². The van der Waals surface area contributed by atoms with Crippen LogP contribution in [0.4, 0.5) is 0 Å². The van der Waals surface area contributed by atoms with Crippen LogP contribution in [0.25, 0.3) is 10.8 Å². The molecule has 1 nitrogen and oxygen atoms in total. The van der Waals surface area contributed by atoms with E-state index in [2.05, 4.69) is 49.4 Å². The zero-order valence-electron chi connectivity index (χ0n) is 11.2. The van der Waals surface area contributed by atoms with Gasteiger partial charge in [0, 0.05) is 5.39 Å². The molecule has 0 heterocycles. The highest BCUT2D eigenvalue weighted by atomic mass is 16.5. The maximum Gasteiger partial charge on any atom is 0.127 e. The molecule has 0 N–H and O–H groups in total. The predicted octanol–water partition coefficient (Wildman–Crippen LogP) is 5.19. The molecule has 2 aromatic carbocycles. The van der Waals surface area contributed by atoms with Gasteiger partial charge in [0.1, 0.15) is 5.75 Å². The molecule has 0 saturated carbocycles. The smallest absolute Gasteiger partial charge is 0.127 e. The monoisotopic (exact) mass is 242 g/mol. The molecule has 2 rings (SSSR count). The van der Waals surface area contributed by atoms with E-state index in [-0.39, 0.29) is 0 Å². The van der Waals surface area contributed by atoms with Crippen LogP contribution in [0.3, 0.4) is 0 Å². The Morgan fingerprint density at radius 3 is 2.50 bits per heavy atom. The fourth-order valence-electron chi connectivity index (χ4n) is 2.21. The van der Waals surface area contributed by atoms with Crippen LogP contribution in [0, 0.1) is 0 Å². The van der Waals surface area contributed by atoms with Crippen molar-refractivity contribution in [2.75, 3.05) is 6.61 Å². The van der Waals surface area contributed by atoms with Gasteiger partial charge in [-0.1, -0.05) is 69.0 Å². The molecule has 0 unspecified atom stereocenters. The van der Waals surface area contributed by atoms with E-state index >= 15 is 0 Å². The van der Waals surface area contributed by atoms with Crippen molar-refractivity contribution < 1.29 is 4.74 Å². The maximum atomic E-state index is 5.90. The first-order valence-electron chi connectivity index (χ1n) is 7.02. The van der Waals surface area contributed by atoms with Gasteiger partial charge in [0.15, 0.2) is 0 Å². The average molecular weight is 242 g/mol. The zero-order valence-corrected chi connectivity index (χ0v) is 11.2. The van der Waals surface area contributed by atoms with Crippen molar-refractivity contribution >= 4 is 10.8 Å². The summed E-state index contributed by atoms with van der Waals surface area (Å²) >= 11 is 0. The van der Waals surface area contributed by atoms with E-state index in [4.69, 9.17) is 4.74 Å². The molecular weight excluding hydrogens is 220 g/mol. The third kappa shape index (κ3) is 3.49. The first-order valence-corrected chi connectivity index (χ1v) is 7.02. The molecule has 0 atom stereocenters. The molecule has 2 aromatic rings. The first-order chi connectivity index (χ1) is 8.92. The minimum atomic E-state index is 0.831. The van der Waals surface area contributed by atoms with Gasteiger partial charge in [-0.25, -0.2) is 0 Å². The molecule has 0 aromatic heterocycles. The van der Waals surface area contributed by atoms with E-state index in [1.165, 1.54) is 36.5 Å². The van der Waals surface area contributed by atoms with E-state index in [1.54, 1.807) is 0 Å². The van der Waals surface area contributed by atoms with Crippen LogP contribution >= 0.6 is 0 Å². The lowest BCUT2D eigenvalue weighted by Crippen LogP contribution is -1.97. The van der Waals surface area contributed by atoms with E-state index in [0.29, 0.717) is 0 Å². The number of ether oxygens (including phenoxy) is 1. The van der Waals surface area contributed by atoms with Gasteiger partial charge in [-0.3, -0.25) is 0 Å². The van der Waals surface area contributed by atoms with Gasteiger partial charge in [0.2, 0.25) is 0 Å².